The highest BCUT2D eigenvalue weighted by Crippen LogP contribution is 2.32. The number of hydrogen-bond donors (Lipinski definition) is 1. The number of nitrogens with one attached hydrogen (secondary N) is 1. The lowest BCUT2D eigenvalue weighted by Gasteiger charge is -2.18. The molecule has 0 fully saturated rings. The van der Waals surface area contributed by atoms with Gasteiger partial charge in [-0.3, -0.25) is 9.59 Å². The van der Waals surface area contributed by atoms with E-state index < -0.39 is 0 Å². The Labute approximate surface area is 184 Å². The fourth-order valence-electron chi connectivity index (χ4n) is 3.95. The summed E-state index contributed by atoms with van der Waals surface area (Å²) in [5.41, 5.74) is 5.62. The molecule has 152 valence electrons. The Morgan fingerprint density at radius 2 is 1.90 bits per heavy atom. The maximum Gasteiger partial charge on any atom is 0.254 e. The molecule has 30 heavy (non-hydrogen) atoms. The molecule has 0 aliphatic rings. The van der Waals surface area contributed by atoms with Gasteiger partial charge in [0.2, 0.25) is 0 Å². The van der Waals surface area contributed by atoms with Gasteiger partial charge in [0.15, 0.2) is 6.29 Å². The van der Waals surface area contributed by atoms with Crippen molar-refractivity contribution in [2.45, 2.75) is 19.8 Å². The summed E-state index contributed by atoms with van der Waals surface area (Å²) in [5.74, 6) is -0.127. The number of benzene rings is 3. The van der Waals surface area contributed by atoms with Crippen LogP contribution in [0.15, 0.2) is 59.1 Å². The number of amides is 1. The van der Waals surface area contributed by atoms with E-state index in [1.807, 2.05) is 0 Å². The number of aryl methyl sites for hydroxylation is 2. The standard InChI is InChI=1S/C25H23BrN2O2/c1-16-9-10-23-21(12-16)22-14-19(26)13-17(24(22)27-23)7-5-11-28(2)25(30)20-8-4-3-6-18(20)15-29/h3-4,6,8-10,12-15,27H,5,7,11H2,1-2H3. The quantitative estimate of drug-likeness (QED) is 0.362. The predicted octanol–water partition coefficient (Wildman–Crippen LogP) is 5.91. The first-order chi connectivity index (χ1) is 14.5. The van der Waals surface area contributed by atoms with Gasteiger partial charge >= 0.3 is 0 Å². The maximum absolute atomic E-state index is 12.7. The Hall–Kier alpha value is -2.92. The molecular weight excluding hydrogens is 440 g/mol. The number of nitrogens with zero attached hydrogens (tertiary/aromatic N) is 1. The van der Waals surface area contributed by atoms with E-state index >= 15 is 0 Å². The van der Waals surface area contributed by atoms with Gasteiger partial charge in [0.25, 0.3) is 5.91 Å². The molecule has 4 aromatic rings. The molecule has 4 nitrogen and oxygen atoms in total. The average molecular weight is 463 g/mol. The minimum atomic E-state index is -0.127. The molecule has 0 saturated carbocycles. The minimum Gasteiger partial charge on any atom is -0.354 e. The molecule has 1 heterocycles. The lowest BCUT2D eigenvalue weighted by Crippen LogP contribution is -2.28. The highest BCUT2D eigenvalue weighted by molar-refractivity contribution is 9.10. The molecule has 0 unspecified atom stereocenters. The van der Waals surface area contributed by atoms with Gasteiger partial charge in [-0.2, -0.15) is 0 Å². The summed E-state index contributed by atoms with van der Waals surface area (Å²) in [6.45, 7) is 2.71. The largest absolute Gasteiger partial charge is 0.354 e. The zero-order valence-corrected chi connectivity index (χ0v) is 18.6. The number of aldehydes is 1. The first-order valence-corrected chi connectivity index (χ1v) is 10.8. The number of halogens is 1. The third kappa shape index (κ3) is 3.90. The number of H-pyrrole nitrogens is 1. The predicted molar refractivity (Wildman–Crippen MR) is 125 cm³/mol. The Kier molecular flexibility index (Phi) is 5.73. The number of aromatic nitrogens is 1. The Balaban J connectivity index is 1.53. The van der Waals surface area contributed by atoms with Gasteiger partial charge in [0.05, 0.1) is 5.56 Å². The van der Waals surface area contributed by atoms with Crippen molar-refractivity contribution in [3.05, 3.63) is 81.3 Å². The van der Waals surface area contributed by atoms with Crippen LogP contribution in [0.4, 0.5) is 0 Å². The van der Waals surface area contributed by atoms with Crippen molar-refractivity contribution in [1.82, 2.24) is 9.88 Å². The van der Waals surface area contributed by atoms with E-state index in [-0.39, 0.29) is 5.91 Å². The fourth-order valence-corrected chi connectivity index (χ4v) is 4.46. The third-order valence-corrected chi connectivity index (χ3v) is 5.97. The van der Waals surface area contributed by atoms with E-state index in [9.17, 15) is 9.59 Å². The summed E-state index contributed by atoms with van der Waals surface area (Å²) in [7, 11) is 1.78. The van der Waals surface area contributed by atoms with Crippen molar-refractivity contribution in [2.75, 3.05) is 13.6 Å². The number of rotatable bonds is 6. The van der Waals surface area contributed by atoms with Crippen LogP contribution in [-0.4, -0.2) is 35.7 Å². The van der Waals surface area contributed by atoms with E-state index in [0.29, 0.717) is 17.7 Å². The van der Waals surface area contributed by atoms with Gasteiger partial charge in [0, 0.05) is 45.4 Å². The van der Waals surface area contributed by atoms with Crippen LogP contribution in [0.25, 0.3) is 21.8 Å². The van der Waals surface area contributed by atoms with Crippen LogP contribution in [0.5, 0.6) is 0 Å². The third-order valence-electron chi connectivity index (χ3n) is 5.51. The maximum atomic E-state index is 12.7. The number of aromatic amines is 1. The van der Waals surface area contributed by atoms with Gasteiger partial charge in [-0.15, -0.1) is 0 Å². The van der Waals surface area contributed by atoms with Crippen LogP contribution in [-0.2, 0) is 6.42 Å². The van der Waals surface area contributed by atoms with Gasteiger partial charge in [-0.05, 0) is 55.7 Å². The van der Waals surface area contributed by atoms with Crippen LogP contribution >= 0.6 is 15.9 Å². The molecule has 0 radical (unpaired) electrons. The Morgan fingerprint density at radius 3 is 2.70 bits per heavy atom. The van der Waals surface area contributed by atoms with Crippen molar-refractivity contribution >= 4 is 49.9 Å². The first-order valence-electron chi connectivity index (χ1n) is 9.98. The molecule has 5 heteroatoms. The normalized spacial score (nSPS) is 11.2. The topological polar surface area (TPSA) is 53.2 Å². The number of carbonyl (C=O) groups excluding carboxylic acids is 2. The molecule has 0 aliphatic carbocycles. The SMILES string of the molecule is Cc1ccc2[nH]c3c(CCCN(C)C(=O)c4ccccc4C=O)cc(Br)cc3c2c1. The van der Waals surface area contributed by atoms with Gasteiger partial charge in [-0.1, -0.05) is 45.8 Å². The highest BCUT2D eigenvalue weighted by atomic mass is 79.9. The zero-order valence-electron chi connectivity index (χ0n) is 17.0. The number of hydrogen-bond acceptors (Lipinski definition) is 2. The number of fused-ring (bicyclic) bond motifs is 3. The molecule has 1 amide bonds. The second-order valence-electron chi connectivity index (χ2n) is 7.70. The Morgan fingerprint density at radius 1 is 1.10 bits per heavy atom. The summed E-state index contributed by atoms with van der Waals surface area (Å²) >= 11 is 3.65. The van der Waals surface area contributed by atoms with Crippen LogP contribution in [0.3, 0.4) is 0 Å². The van der Waals surface area contributed by atoms with Crippen molar-refractivity contribution in [1.29, 1.82) is 0 Å². The monoisotopic (exact) mass is 462 g/mol. The number of carbonyl (C=O) groups is 2. The summed E-state index contributed by atoms with van der Waals surface area (Å²) in [5, 5.41) is 2.44. The zero-order chi connectivity index (χ0) is 21.3. The van der Waals surface area contributed by atoms with Gasteiger partial charge in [0.1, 0.15) is 0 Å². The molecule has 3 aromatic carbocycles. The summed E-state index contributed by atoms with van der Waals surface area (Å²) in [4.78, 5) is 29.2. The summed E-state index contributed by atoms with van der Waals surface area (Å²) in [6.07, 6.45) is 2.40. The molecule has 4 rings (SSSR count). The molecule has 0 saturated heterocycles. The minimum absolute atomic E-state index is 0.127. The van der Waals surface area contributed by atoms with Crippen LogP contribution in [0.2, 0.25) is 0 Å². The molecule has 1 N–H and O–H groups in total. The lowest BCUT2D eigenvalue weighted by molar-refractivity contribution is 0.0790. The summed E-state index contributed by atoms with van der Waals surface area (Å²) in [6, 6.07) is 17.7. The molecule has 0 aliphatic heterocycles. The van der Waals surface area contributed by atoms with E-state index in [2.05, 4.69) is 58.2 Å². The first kappa shape index (κ1) is 20.4. The Bertz CT molecular complexity index is 1260. The van der Waals surface area contributed by atoms with Crippen molar-refractivity contribution < 1.29 is 9.59 Å². The summed E-state index contributed by atoms with van der Waals surface area (Å²) < 4.78 is 1.05. The second-order valence-corrected chi connectivity index (χ2v) is 8.61. The molecule has 0 spiro atoms. The van der Waals surface area contributed by atoms with Crippen molar-refractivity contribution in [3.63, 3.8) is 0 Å². The van der Waals surface area contributed by atoms with E-state index in [0.717, 1.165) is 34.6 Å². The van der Waals surface area contributed by atoms with Crippen molar-refractivity contribution in [2.24, 2.45) is 0 Å². The van der Waals surface area contributed by atoms with Gasteiger partial charge < -0.3 is 9.88 Å². The smallest absolute Gasteiger partial charge is 0.254 e. The van der Waals surface area contributed by atoms with Crippen LogP contribution < -0.4 is 0 Å². The van der Waals surface area contributed by atoms with Crippen LogP contribution in [0.1, 0.15) is 38.3 Å². The molecule has 1 aromatic heterocycles. The van der Waals surface area contributed by atoms with Gasteiger partial charge in [-0.25, -0.2) is 0 Å². The second kappa shape index (κ2) is 8.44. The molecular formula is C25H23BrN2O2. The van der Waals surface area contributed by atoms with Crippen LogP contribution in [0, 0.1) is 6.92 Å². The van der Waals surface area contributed by atoms with E-state index in [1.54, 1.807) is 36.2 Å². The van der Waals surface area contributed by atoms with E-state index in [1.165, 1.54) is 21.9 Å². The lowest BCUT2D eigenvalue weighted by atomic mass is 10.0. The molecule has 0 bridgehead atoms. The fraction of sp³-hybridized carbons (Fsp3) is 0.200. The molecule has 0 atom stereocenters. The van der Waals surface area contributed by atoms with Crippen molar-refractivity contribution in [3.8, 4) is 0 Å². The van der Waals surface area contributed by atoms with E-state index in [4.69, 9.17) is 0 Å². The average Bonchev–Trinajstić information content (AvgIpc) is 3.10. The highest BCUT2D eigenvalue weighted by Gasteiger charge is 2.15.